The first kappa shape index (κ1) is 17.1. The Hall–Kier alpha value is 0.110. The molecule has 0 spiro atoms. The Morgan fingerprint density at radius 3 is 2.00 bits per heavy atom. The van der Waals surface area contributed by atoms with E-state index < -0.39 is 10.8 Å². The molecule has 3 heteroatoms. The first-order chi connectivity index (χ1) is 8.16. The Morgan fingerprint density at radius 2 is 1.47 bits per heavy atom. The average molecular weight is 261 g/mol. The van der Waals surface area contributed by atoms with Crippen LogP contribution in [-0.2, 0) is 10.8 Å². The van der Waals surface area contributed by atoms with Crippen molar-refractivity contribution in [2.24, 2.45) is 5.73 Å². The highest BCUT2D eigenvalue weighted by Gasteiger charge is 2.01. The van der Waals surface area contributed by atoms with E-state index in [0.29, 0.717) is 0 Å². The fraction of sp³-hybridized carbons (Fsp3) is 1.00. The molecule has 0 aliphatic carbocycles. The highest BCUT2D eigenvalue weighted by molar-refractivity contribution is 7.84. The van der Waals surface area contributed by atoms with E-state index in [1.54, 1.807) is 0 Å². The topological polar surface area (TPSA) is 43.1 Å². The van der Waals surface area contributed by atoms with Gasteiger partial charge in [0.15, 0.2) is 0 Å². The van der Waals surface area contributed by atoms with Crippen molar-refractivity contribution in [2.45, 2.75) is 77.7 Å². The molecule has 0 rings (SSSR count). The van der Waals surface area contributed by atoms with Gasteiger partial charge >= 0.3 is 0 Å². The molecule has 0 radical (unpaired) electrons. The van der Waals surface area contributed by atoms with E-state index in [4.69, 9.17) is 5.73 Å². The average Bonchev–Trinajstić information content (AvgIpc) is 2.30. The quantitative estimate of drug-likeness (QED) is 0.545. The second-order valence-corrected chi connectivity index (χ2v) is 6.79. The molecule has 0 aromatic rings. The molecule has 17 heavy (non-hydrogen) atoms. The van der Waals surface area contributed by atoms with Crippen LogP contribution in [0.25, 0.3) is 0 Å². The van der Waals surface area contributed by atoms with Crippen LogP contribution in [0, 0.1) is 0 Å². The second-order valence-electron chi connectivity index (χ2n) is 5.09. The molecule has 104 valence electrons. The van der Waals surface area contributed by atoms with Gasteiger partial charge in [-0.05, 0) is 19.8 Å². The Kier molecular flexibility index (Phi) is 12.6. The van der Waals surface area contributed by atoms with E-state index in [9.17, 15) is 4.21 Å². The normalized spacial score (nSPS) is 14.8. The van der Waals surface area contributed by atoms with E-state index in [2.05, 4.69) is 6.92 Å². The maximum atomic E-state index is 11.6. The summed E-state index contributed by atoms with van der Waals surface area (Å²) in [6.07, 6.45) is 11.4. The van der Waals surface area contributed by atoms with Gasteiger partial charge in [0.2, 0.25) is 0 Å². The first-order valence-electron chi connectivity index (χ1n) is 7.27. The summed E-state index contributed by atoms with van der Waals surface area (Å²) in [6, 6.07) is 0.192. The molecular weight excluding hydrogens is 230 g/mol. The number of hydrogen-bond donors (Lipinski definition) is 1. The summed E-state index contributed by atoms with van der Waals surface area (Å²) in [6.45, 7) is 4.23. The van der Waals surface area contributed by atoms with Gasteiger partial charge in [-0.1, -0.05) is 51.9 Å². The van der Waals surface area contributed by atoms with Gasteiger partial charge < -0.3 is 5.73 Å². The lowest BCUT2D eigenvalue weighted by Gasteiger charge is -2.05. The van der Waals surface area contributed by atoms with Crippen molar-refractivity contribution < 1.29 is 4.21 Å². The third-order valence-electron chi connectivity index (χ3n) is 3.03. The minimum atomic E-state index is -0.631. The van der Waals surface area contributed by atoms with E-state index >= 15 is 0 Å². The molecule has 0 saturated carbocycles. The van der Waals surface area contributed by atoms with Crippen LogP contribution in [0.15, 0.2) is 0 Å². The number of rotatable bonds is 12. The summed E-state index contributed by atoms with van der Waals surface area (Å²) >= 11 is 0. The van der Waals surface area contributed by atoms with Crippen molar-refractivity contribution in [1.82, 2.24) is 0 Å². The monoisotopic (exact) mass is 261 g/mol. The number of hydrogen-bond acceptors (Lipinski definition) is 2. The second kappa shape index (κ2) is 12.6. The zero-order valence-corrected chi connectivity index (χ0v) is 12.6. The van der Waals surface area contributed by atoms with Crippen molar-refractivity contribution in [2.75, 3.05) is 11.5 Å². The van der Waals surface area contributed by atoms with Crippen molar-refractivity contribution in [1.29, 1.82) is 0 Å². The summed E-state index contributed by atoms with van der Waals surface area (Å²) in [5, 5.41) is 0. The molecule has 0 aromatic heterocycles. The lowest BCUT2D eigenvalue weighted by atomic mass is 10.1. The smallest absolute Gasteiger partial charge is 0.0249 e. The molecule has 0 bridgehead atoms. The van der Waals surface area contributed by atoms with Crippen molar-refractivity contribution in [3.63, 3.8) is 0 Å². The van der Waals surface area contributed by atoms with Crippen LogP contribution in [0.1, 0.15) is 71.6 Å². The molecule has 0 aliphatic rings. The maximum absolute atomic E-state index is 11.6. The SMILES string of the molecule is CCCCCCCCCCS(=O)CCC(C)N. The summed E-state index contributed by atoms with van der Waals surface area (Å²) in [5.41, 5.74) is 5.64. The predicted molar refractivity (Wildman–Crippen MR) is 78.8 cm³/mol. The highest BCUT2D eigenvalue weighted by atomic mass is 32.2. The molecular formula is C14H31NOS. The van der Waals surface area contributed by atoms with Gasteiger partial charge in [0.1, 0.15) is 0 Å². The molecule has 0 amide bonds. The summed E-state index contributed by atoms with van der Waals surface area (Å²) in [5.74, 6) is 1.66. The maximum Gasteiger partial charge on any atom is 0.0249 e. The Morgan fingerprint density at radius 1 is 0.941 bits per heavy atom. The molecule has 2 atom stereocenters. The first-order valence-corrected chi connectivity index (χ1v) is 8.76. The van der Waals surface area contributed by atoms with Crippen molar-refractivity contribution >= 4 is 10.8 Å². The highest BCUT2D eigenvalue weighted by Crippen LogP contribution is 2.08. The van der Waals surface area contributed by atoms with E-state index in [0.717, 1.165) is 24.3 Å². The van der Waals surface area contributed by atoms with E-state index in [1.807, 2.05) is 6.92 Å². The van der Waals surface area contributed by atoms with E-state index in [1.165, 1.54) is 44.9 Å². The molecule has 2 unspecified atom stereocenters. The fourth-order valence-corrected chi connectivity index (χ4v) is 3.18. The van der Waals surface area contributed by atoms with Gasteiger partial charge in [0, 0.05) is 28.3 Å². The van der Waals surface area contributed by atoms with Crippen molar-refractivity contribution in [3.05, 3.63) is 0 Å². The lowest BCUT2D eigenvalue weighted by molar-refractivity contribution is 0.584. The molecule has 0 aliphatic heterocycles. The van der Waals surface area contributed by atoms with Gasteiger partial charge in [-0.3, -0.25) is 4.21 Å². The zero-order valence-electron chi connectivity index (χ0n) is 11.7. The van der Waals surface area contributed by atoms with Gasteiger partial charge in [0.25, 0.3) is 0 Å². The third kappa shape index (κ3) is 14.0. The predicted octanol–water partition coefficient (Wildman–Crippen LogP) is 3.61. The minimum Gasteiger partial charge on any atom is -0.328 e. The van der Waals surface area contributed by atoms with Gasteiger partial charge in [-0.25, -0.2) is 0 Å². The molecule has 0 aromatic carbocycles. The molecule has 0 saturated heterocycles. The van der Waals surface area contributed by atoms with Gasteiger partial charge in [0.05, 0.1) is 0 Å². The summed E-state index contributed by atoms with van der Waals surface area (Å²) < 4.78 is 11.6. The molecule has 2 N–H and O–H groups in total. The van der Waals surface area contributed by atoms with Gasteiger partial charge in [-0.15, -0.1) is 0 Å². The number of unbranched alkanes of at least 4 members (excludes halogenated alkanes) is 7. The van der Waals surface area contributed by atoms with Crippen LogP contribution in [0.2, 0.25) is 0 Å². The van der Waals surface area contributed by atoms with Crippen LogP contribution in [0.3, 0.4) is 0 Å². The summed E-state index contributed by atoms with van der Waals surface area (Å²) in [4.78, 5) is 0. The Bertz CT molecular complexity index is 183. The molecule has 0 fully saturated rings. The Balaban J connectivity index is 3.14. The largest absolute Gasteiger partial charge is 0.328 e. The zero-order chi connectivity index (χ0) is 12.9. The van der Waals surface area contributed by atoms with Crippen LogP contribution < -0.4 is 5.73 Å². The van der Waals surface area contributed by atoms with Crippen LogP contribution in [-0.4, -0.2) is 21.8 Å². The fourth-order valence-electron chi connectivity index (χ4n) is 1.82. The van der Waals surface area contributed by atoms with Crippen LogP contribution in [0.4, 0.5) is 0 Å². The van der Waals surface area contributed by atoms with E-state index in [-0.39, 0.29) is 6.04 Å². The minimum absolute atomic E-state index is 0.192. The summed E-state index contributed by atoms with van der Waals surface area (Å²) in [7, 11) is -0.631. The molecule has 2 nitrogen and oxygen atoms in total. The standard InChI is InChI=1S/C14H31NOS/c1-3-4-5-6-7-8-9-10-12-17(16)13-11-14(2)15/h14H,3-13,15H2,1-2H3. The Labute approximate surface area is 110 Å². The third-order valence-corrected chi connectivity index (χ3v) is 4.46. The van der Waals surface area contributed by atoms with Crippen LogP contribution >= 0.6 is 0 Å². The lowest BCUT2D eigenvalue weighted by Crippen LogP contribution is -2.18. The van der Waals surface area contributed by atoms with Crippen LogP contribution in [0.5, 0.6) is 0 Å². The van der Waals surface area contributed by atoms with Crippen molar-refractivity contribution in [3.8, 4) is 0 Å². The molecule has 0 heterocycles. The van der Waals surface area contributed by atoms with Gasteiger partial charge in [-0.2, -0.15) is 0 Å². The number of nitrogens with two attached hydrogens (primary N) is 1.